The Morgan fingerprint density at radius 3 is 2.81 bits per heavy atom. The standard InChI is InChI=1S/C12H14FNO2/c13-9-5-8-11(6-10(9)15)16-7-12(8)1-3-14-4-2-12/h5-6,14-15H,1-4,7H2. The number of ether oxygens (including phenoxy) is 1. The molecule has 0 aromatic heterocycles. The molecule has 3 nitrogen and oxygen atoms in total. The zero-order valence-corrected chi connectivity index (χ0v) is 8.92. The van der Waals surface area contributed by atoms with Gasteiger partial charge in [-0.3, -0.25) is 0 Å². The van der Waals surface area contributed by atoms with E-state index in [0.29, 0.717) is 12.4 Å². The van der Waals surface area contributed by atoms with Gasteiger partial charge in [-0.25, -0.2) is 4.39 Å². The molecule has 0 amide bonds. The van der Waals surface area contributed by atoms with Crippen LogP contribution in [-0.4, -0.2) is 24.8 Å². The molecule has 1 aromatic carbocycles. The van der Waals surface area contributed by atoms with Gasteiger partial charge in [-0.1, -0.05) is 0 Å². The Kier molecular flexibility index (Phi) is 2.07. The first-order valence-corrected chi connectivity index (χ1v) is 5.58. The predicted octanol–water partition coefficient (Wildman–Crippen LogP) is 1.54. The summed E-state index contributed by atoms with van der Waals surface area (Å²) in [6.45, 7) is 2.48. The maximum Gasteiger partial charge on any atom is 0.165 e. The molecule has 0 atom stereocenters. The lowest BCUT2D eigenvalue weighted by Crippen LogP contribution is -2.41. The van der Waals surface area contributed by atoms with Crippen molar-refractivity contribution in [1.29, 1.82) is 0 Å². The molecule has 0 bridgehead atoms. The van der Waals surface area contributed by atoms with Crippen molar-refractivity contribution in [1.82, 2.24) is 5.32 Å². The fraction of sp³-hybridized carbons (Fsp3) is 0.500. The molecule has 0 aliphatic carbocycles. The molecular formula is C12H14FNO2. The normalized spacial score (nSPS) is 21.8. The second-order valence-corrected chi connectivity index (χ2v) is 4.62. The van der Waals surface area contributed by atoms with Gasteiger partial charge in [0.15, 0.2) is 11.6 Å². The zero-order valence-electron chi connectivity index (χ0n) is 8.92. The fourth-order valence-electron chi connectivity index (χ4n) is 2.69. The van der Waals surface area contributed by atoms with Gasteiger partial charge >= 0.3 is 0 Å². The molecule has 2 aliphatic rings. The highest BCUT2D eigenvalue weighted by atomic mass is 19.1. The summed E-state index contributed by atoms with van der Waals surface area (Å²) in [4.78, 5) is 0. The van der Waals surface area contributed by atoms with Gasteiger partial charge in [0, 0.05) is 17.0 Å². The Morgan fingerprint density at radius 1 is 1.31 bits per heavy atom. The third kappa shape index (κ3) is 1.29. The number of fused-ring (bicyclic) bond motifs is 2. The number of hydrogen-bond acceptors (Lipinski definition) is 3. The van der Waals surface area contributed by atoms with E-state index in [9.17, 15) is 9.50 Å². The van der Waals surface area contributed by atoms with Gasteiger partial charge in [-0.2, -0.15) is 0 Å². The van der Waals surface area contributed by atoms with E-state index in [-0.39, 0.29) is 11.2 Å². The van der Waals surface area contributed by atoms with E-state index >= 15 is 0 Å². The second kappa shape index (κ2) is 3.35. The van der Waals surface area contributed by atoms with Crippen LogP contribution in [0.25, 0.3) is 0 Å². The minimum Gasteiger partial charge on any atom is -0.505 e. The Hall–Kier alpha value is -1.29. The molecule has 1 fully saturated rings. The maximum absolute atomic E-state index is 13.4. The average molecular weight is 223 g/mol. The first-order chi connectivity index (χ1) is 7.71. The summed E-state index contributed by atoms with van der Waals surface area (Å²) in [5.41, 5.74) is 0.874. The Labute approximate surface area is 93.2 Å². The van der Waals surface area contributed by atoms with Gasteiger partial charge in [0.1, 0.15) is 5.75 Å². The molecule has 1 aromatic rings. The van der Waals surface area contributed by atoms with E-state index in [1.807, 2.05) is 0 Å². The molecule has 0 unspecified atom stereocenters. The number of halogens is 1. The van der Waals surface area contributed by atoms with Crippen molar-refractivity contribution >= 4 is 0 Å². The van der Waals surface area contributed by atoms with Crippen molar-refractivity contribution in [3.05, 3.63) is 23.5 Å². The van der Waals surface area contributed by atoms with Gasteiger partial charge in [0.2, 0.25) is 0 Å². The molecule has 16 heavy (non-hydrogen) atoms. The van der Waals surface area contributed by atoms with Crippen LogP contribution in [0, 0.1) is 5.82 Å². The minimum absolute atomic E-state index is 0.0465. The molecule has 2 aliphatic heterocycles. The monoisotopic (exact) mass is 223 g/mol. The number of phenolic OH excluding ortho intramolecular Hbond substituents is 1. The molecule has 0 saturated carbocycles. The van der Waals surface area contributed by atoms with Gasteiger partial charge in [-0.15, -0.1) is 0 Å². The van der Waals surface area contributed by atoms with Crippen LogP contribution in [0.15, 0.2) is 12.1 Å². The van der Waals surface area contributed by atoms with E-state index < -0.39 is 5.82 Å². The van der Waals surface area contributed by atoms with Crippen molar-refractivity contribution in [3.63, 3.8) is 0 Å². The van der Waals surface area contributed by atoms with Crippen LogP contribution < -0.4 is 10.1 Å². The predicted molar refractivity (Wildman–Crippen MR) is 57.3 cm³/mol. The smallest absolute Gasteiger partial charge is 0.165 e. The molecular weight excluding hydrogens is 209 g/mol. The van der Waals surface area contributed by atoms with Crippen LogP contribution in [0.1, 0.15) is 18.4 Å². The van der Waals surface area contributed by atoms with Crippen molar-refractivity contribution in [2.45, 2.75) is 18.3 Å². The molecule has 86 valence electrons. The van der Waals surface area contributed by atoms with Crippen LogP contribution in [0.2, 0.25) is 0 Å². The summed E-state index contributed by atoms with van der Waals surface area (Å²) >= 11 is 0. The number of piperidine rings is 1. The van der Waals surface area contributed by atoms with Crippen LogP contribution in [0.5, 0.6) is 11.5 Å². The SMILES string of the molecule is Oc1cc2c(cc1F)C1(CCNCC1)CO2. The van der Waals surface area contributed by atoms with Gasteiger partial charge < -0.3 is 15.2 Å². The van der Waals surface area contributed by atoms with E-state index in [1.54, 1.807) is 0 Å². The lowest BCUT2D eigenvalue weighted by molar-refractivity contribution is 0.220. The van der Waals surface area contributed by atoms with Crippen molar-refractivity contribution < 1.29 is 14.2 Å². The summed E-state index contributed by atoms with van der Waals surface area (Å²) in [6.07, 6.45) is 1.93. The van der Waals surface area contributed by atoms with Gasteiger partial charge in [0.25, 0.3) is 0 Å². The summed E-state index contributed by atoms with van der Waals surface area (Å²) < 4.78 is 19.0. The molecule has 2 N–H and O–H groups in total. The van der Waals surface area contributed by atoms with Crippen LogP contribution in [0.3, 0.4) is 0 Å². The highest BCUT2D eigenvalue weighted by molar-refractivity contribution is 5.48. The highest BCUT2D eigenvalue weighted by Gasteiger charge is 2.42. The highest BCUT2D eigenvalue weighted by Crippen LogP contribution is 2.46. The van der Waals surface area contributed by atoms with E-state index in [4.69, 9.17) is 4.74 Å². The molecule has 0 radical (unpaired) electrons. The first kappa shape index (κ1) is 9.90. The Balaban J connectivity index is 2.07. The Morgan fingerprint density at radius 2 is 2.06 bits per heavy atom. The topological polar surface area (TPSA) is 41.5 Å². The quantitative estimate of drug-likeness (QED) is 0.701. The number of aromatic hydroxyl groups is 1. The number of nitrogens with one attached hydrogen (secondary N) is 1. The lowest BCUT2D eigenvalue weighted by Gasteiger charge is -2.32. The molecule has 4 heteroatoms. The van der Waals surface area contributed by atoms with Crippen LogP contribution in [-0.2, 0) is 5.41 Å². The summed E-state index contributed by atoms with van der Waals surface area (Å²) in [5, 5.41) is 12.6. The number of rotatable bonds is 0. The lowest BCUT2D eigenvalue weighted by atomic mass is 9.75. The molecule has 3 rings (SSSR count). The van der Waals surface area contributed by atoms with Crippen LogP contribution >= 0.6 is 0 Å². The average Bonchev–Trinajstić information content (AvgIpc) is 2.60. The summed E-state index contributed by atoms with van der Waals surface area (Å²) in [7, 11) is 0. The van der Waals surface area contributed by atoms with Gasteiger partial charge in [-0.05, 0) is 32.0 Å². The molecule has 1 spiro atoms. The van der Waals surface area contributed by atoms with E-state index in [2.05, 4.69) is 5.32 Å². The Bertz CT molecular complexity index is 427. The zero-order chi connectivity index (χ0) is 11.2. The minimum atomic E-state index is -0.554. The summed E-state index contributed by atoms with van der Waals surface area (Å²) in [5.74, 6) is -0.243. The number of phenols is 1. The number of hydrogen-bond donors (Lipinski definition) is 2. The largest absolute Gasteiger partial charge is 0.505 e. The molecule has 2 heterocycles. The second-order valence-electron chi connectivity index (χ2n) is 4.62. The first-order valence-electron chi connectivity index (χ1n) is 5.58. The summed E-state index contributed by atoms with van der Waals surface area (Å²) in [6, 6.07) is 2.82. The van der Waals surface area contributed by atoms with Crippen LogP contribution in [0.4, 0.5) is 4.39 Å². The third-order valence-electron chi connectivity index (χ3n) is 3.69. The number of benzene rings is 1. The van der Waals surface area contributed by atoms with Crippen molar-refractivity contribution in [2.24, 2.45) is 0 Å². The maximum atomic E-state index is 13.4. The van der Waals surface area contributed by atoms with Gasteiger partial charge in [0.05, 0.1) is 6.61 Å². The fourth-order valence-corrected chi connectivity index (χ4v) is 2.69. The third-order valence-corrected chi connectivity index (χ3v) is 3.69. The van der Waals surface area contributed by atoms with Crippen molar-refractivity contribution in [2.75, 3.05) is 19.7 Å². The van der Waals surface area contributed by atoms with E-state index in [0.717, 1.165) is 31.5 Å². The van der Waals surface area contributed by atoms with E-state index in [1.165, 1.54) is 12.1 Å². The molecule has 1 saturated heterocycles. The van der Waals surface area contributed by atoms with Crippen molar-refractivity contribution in [3.8, 4) is 11.5 Å².